The molecular formula is C19H18O6. The number of benzene rings is 1. The van der Waals surface area contributed by atoms with Gasteiger partial charge < -0.3 is 19.4 Å². The zero-order chi connectivity index (χ0) is 18.6. The predicted molar refractivity (Wildman–Crippen MR) is 90.5 cm³/mol. The highest BCUT2D eigenvalue weighted by molar-refractivity contribution is 5.90. The molecule has 0 radical (unpaired) electrons. The van der Waals surface area contributed by atoms with Gasteiger partial charge in [-0.3, -0.25) is 0 Å². The van der Waals surface area contributed by atoms with Gasteiger partial charge in [-0.25, -0.2) is 9.59 Å². The Bertz CT molecular complexity index is 858. The van der Waals surface area contributed by atoms with Crippen molar-refractivity contribution in [2.24, 2.45) is 0 Å². The molecule has 1 atom stereocenters. The molecule has 0 aliphatic rings. The van der Waals surface area contributed by atoms with Crippen molar-refractivity contribution in [2.45, 2.75) is 32.0 Å². The van der Waals surface area contributed by atoms with Crippen molar-refractivity contribution in [3.63, 3.8) is 0 Å². The second kappa shape index (κ2) is 7.24. The molecule has 1 aromatic heterocycles. The van der Waals surface area contributed by atoms with E-state index in [2.05, 4.69) is 5.92 Å². The van der Waals surface area contributed by atoms with E-state index in [1.807, 2.05) is 30.3 Å². The Hall–Kier alpha value is -3.04. The number of carboxylic acids is 1. The second-order valence-corrected chi connectivity index (χ2v) is 6.03. The maximum Gasteiger partial charge on any atom is 0.354 e. The Balaban J connectivity index is 2.30. The molecule has 0 saturated heterocycles. The van der Waals surface area contributed by atoms with Gasteiger partial charge in [-0.1, -0.05) is 36.3 Å². The van der Waals surface area contributed by atoms with Gasteiger partial charge in [0.2, 0.25) is 0 Å². The average molecular weight is 342 g/mol. The molecule has 1 heterocycles. The largest absolute Gasteiger partial charge is 0.507 e. The van der Waals surface area contributed by atoms with Crippen molar-refractivity contribution in [2.75, 3.05) is 0 Å². The van der Waals surface area contributed by atoms with Gasteiger partial charge in [-0.15, -0.1) is 6.42 Å². The summed E-state index contributed by atoms with van der Waals surface area (Å²) in [6.45, 7) is 3.61. The molecule has 2 N–H and O–H groups in total. The van der Waals surface area contributed by atoms with Gasteiger partial charge in [0, 0.05) is 6.07 Å². The van der Waals surface area contributed by atoms with Crippen molar-refractivity contribution in [1.29, 1.82) is 0 Å². The van der Waals surface area contributed by atoms with Crippen LogP contribution in [0.5, 0.6) is 5.75 Å². The first-order valence-corrected chi connectivity index (χ1v) is 7.50. The Morgan fingerprint density at radius 1 is 1.36 bits per heavy atom. The number of hydrogen-bond acceptors (Lipinski definition) is 5. The Kier molecular flexibility index (Phi) is 5.30. The number of terminal acetylenes is 1. The van der Waals surface area contributed by atoms with E-state index in [-0.39, 0.29) is 12.4 Å². The van der Waals surface area contributed by atoms with Crippen LogP contribution in [0.4, 0.5) is 0 Å². The van der Waals surface area contributed by atoms with Crippen molar-refractivity contribution < 1.29 is 24.2 Å². The van der Waals surface area contributed by atoms with E-state index >= 15 is 0 Å². The molecule has 6 heteroatoms. The molecule has 0 bridgehead atoms. The number of aromatic carboxylic acids is 1. The van der Waals surface area contributed by atoms with Crippen molar-refractivity contribution in [3.8, 4) is 18.1 Å². The summed E-state index contributed by atoms with van der Waals surface area (Å²) in [5, 5.41) is 18.8. The molecule has 0 spiro atoms. The molecule has 0 fully saturated rings. The van der Waals surface area contributed by atoms with Crippen LogP contribution >= 0.6 is 0 Å². The lowest BCUT2D eigenvalue weighted by atomic mass is 9.83. The Morgan fingerprint density at radius 2 is 2.00 bits per heavy atom. The first-order chi connectivity index (χ1) is 11.8. The zero-order valence-corrected chi connectivity index (χ0v) is 13.9. The number of hydrogen-bond donors (Lipinski definition) is 2. The van der Waals surface area contributed by atoms with E-state index in [9.17, 15) is 14.7 Å². The van der Waals surface area contributed by atoms with Crippen LogP contribution < -0.4 is 5.63 Å². The summed E-state index contributed by atoms with van der Waals surface area (Å²) in [7, 11) is 0. The summed E-state index contributed by atoms with van der Waals surface area (Å²) in [5.74, 6) is 0.302. The molecule has 0 aliphatic heterocycles. The third kappa shape index (κ3) is 3.90. The van der Waals surface area contributed by atoms with E-state index in [1.165, 1.54) is 0 Å². The highest BCUT2D eigenvalue weighted by Crippen LogP contribution is 2.31. The number of carboxylic acid groups (broad SMARTS) is 1. The molecule has 0 aliphatic carbocycles. The second-order valence-electron chi connectivity index (χ2n) is 6.03. The maximum atomic E-state index is 11.8. The van der Waals surface area contributed by atoms with Crippen molar-refractivity contribution in [3.05, 3.63) is 63.7 Å². The SMILES string of the molecule is C#CC(OCc1ccccc1)C(C)(C)c1cc(O)c(C(=O)O)c(=O)o1. The number of rotatable bonds is 6. The minimum atomic E-state index is -1.57. The third-order valence-electron chi connectivity index (χ3n) is 3.85. The lowest BCUT2D eigenvalue weighted by molar-refractivity contribution is 0.0259. The molecule has 25 heavy (non-hydrogen) atoms. The van der Waals surface area contributed by atoms with Gasteiger partial charge in [-0.2, -0.15) is 0 Å². The molecule has 2 aromatic rings. The van der Waals surface area contributed by atoms with Gasteiger partial charge in [0.05, 0.1) is 12.0 Å². The van der Waals surface area contributed by atoms with Gasteiger partial charge in [0.1, 0.15) is 17.6 Å². The maximum absolute atomic E-state index is 11.8. The number of aromatic hydroxyl groups is 1. The molecule has 0 saturated carbocycles. The highest BCUT2D eigenvalue weighted by atomic mass is 16.5. The van der Waals surface area contributed by atoms with Crippen molar-refractivity contribution >= 4 is 5.97 Å². The molecule has 6 nitrogen and oxygen atoms in total. The fourth-order valence-electron chi connectivity index (χ4n) is 2.34. The van der Waals surface area contributed by atoms with Crippen LogP contribution in [0.3, 0.4) is 0 Å². The highest BCUT2D eigenvalue weighted by Gasteiger charge is 2.35. The number of ether oxygens (including phenoxy) is 1. The van der Waals surface area contributed by atoms with E-state index in [1.54, 1.807) is 13.8 Å². The van der Waals surface area contributed by atoms with Crippen LogP contribution in [-0.4, -0.2) is 22.3 Å². The fraction of sp³-hybridized carbons (Fsp3) is 0.263. The van der Waals surface area contributed by atoms with E-state index in [4.69, 9.17) is 20.7 Å². The quantitative estimate of drug-likeness (QED) is 0.783. The molecule has 0 amide bonds. The summed E-state index contributed by atoms with van der Waals surface area (Å²) in [6.07, 6.45) is 4.79. The number of carbonyl (C=O) groups is 1. The molecule has 1 aromatic carbocycles. The van der Waals surface area contributed by atoms with Gasteiger partial charge in [0.15, 0.2) is 5.56 Å². The fourth-order valence-corrected chi connectivity index (χ4v) is 2.34. The zero-order valence-electron chi connectivity index (χ0n) is 13.9. The summed E-state index contributed by atoms with van der Waals surface area (Å²) < 4.78 is 10.8. The van der Waals surface area contributed by atoms with Crippen LogP contribution in [0.15, 0.2) is 45.6 Å². The molecule has 1 unspecified atom stereocenters. The van der Waals surface area contributed by atoms with Crippen LogP contribution in [0.2, 0.25) is 0 Å². The van der Waals surface area contributed by atoms with Crippen LogP contribution in [0, 0.1) is 12.3 Å². The van der Waals surface area contributed by atoms with Gasteiger partial charge >= 0.3 is 11.6 Å². The molecule has 2 rings (SSSR count). The van der Waals surface area contributed by atoms with Crippen molar-refractivity contribution in [1.82, 2.24) is 0 Å². The van der Waals surface area contributed by atoms with Crippen LogP contribution in [-0.2, 0) is 16.8 Å². The summed E-state index contributed by atoms with van der Waals surface area (Å²) >= 11 is 0. The lowest BCUT2D eigenvalue weighted by Gasteiger charge is -2.29. The first kappa shape index (κ1) is 18.3. The van der Waals surface area contributed by atoms with Gasteiger partial charge in [0.25, 0.3) is 0 Å². The predicted octanol–water partition coefficient (Wildman–Crippen LogP) is 2.54. The Morgan fingerprint density at radius 3 is 2.52 bits per heavy atom. The average Bonchev–Trinajstić information content (AvgIpc) is 2.55. The minimum Gasteiger partial charge on any atom is -0.507 e. The third-order valence-corrected chi connectivity index (χ3v) is 3.85. The van der Waals surface area contributed by atoms with E-state index in [0.717, 1.165) is 11.6 Å². The van der Waals surface area contributed by atoms with E-state index < -0.39 is 34.4 Å². The lowest BCUT2D eigenvalue weighted by Crippen LogP contribution is -2.36. The van der Waals surface area contributed by atoms with Crippen LogP contribution in [0.1, 0.15) is 35.5 Å². The monoisotopic (exact) mass is 342 g/mol. The molecular weight excluding hydrogens is 324 g/mol. The Labute approximate surface area is 144 Å². The minimum absolute atomic E-state index is 0.0380. The summed E-state index contributed by atoms with van der Waals surface area (Å²) in [6, 6.07) is 10.5. The smallest absolute Gasteiger partial charge is 0.354 e. The van der Waals surface area contributed by atoms with E-state index in [0.29, 0.717) is 0 Å². The summed E-state index contributed by atoms with van der Waals surface area (Å²) in [5.41, 5.74) is -2.02. The van der Waals surface area contributed by atoms with Gasteiger partial charge in [-0.05, 0) is 19.4 Å². The standard InChI is InChI=1S/C19H18O6/c1-4-14(24-11-12-8-6-5-7-9-12)19(2,3)15-10-13(20)16(17(21)22)18(23)25-15/h1,5-10,14,20H,11H2,2-3H3,(H,21,22). The topological polar surface area (TPSA) is 97.0 Å². The molecule has 130 valence electrons. The van der Waals surface area contributed by atoms with Crippen LogP contribution in [0.25, 0.3) is 0 Å². The first-order valence-electron chi connectivity index (χ1n) is 7.50. The normalized spacial score (nSPS) is 12.4. The summed E-state index contributed by atoms with van der Waals surface area (Å²) in [4.78, 5) is 22.8.